The summed E-state index contributed by atoms with van der Waals surface area (Å²) in [6.45, 7) is 3.59. The van der Waals surface area contributed by atoms with Crippen molar-refractivity contribution in [2.24, 2.45) is 11.3 Å². The molecule has 2 nitrogen and oxygen atoms in total. The third kappa shape index (κ3) is 2.10. The first-order valence-electron chi connectivity index (χ1n) is 5.72. The van der Waals surface area contributed by atoms with Gasteiger partial charge in [-0.1, -0.05) is 0 Å². The Morgan fingerprint density at radius 1 is 1.43 bits per heavy atom. The number of thiol groups is 1. The van der Waals surface area contributed by atoms with Crippen LogP contribution >= 0.6 is 12.6 Å². The van der Waals surface area contributed by atoms with Gasteiger partial charge in [0.25, 0.3) is 0 Å². The summed E-state index contributed by atoms with van der Waals surface area (Å²) >= 11 is 4.40. The van der Waals surface area contributed by atoms with Gasteiger partial charge in [0.05, 0.1) is 6.61 Å². The normalized spacial score (nSPS) is 38.6. The van der Waals surface area contributed by atoms with Crippen LogP contribution in [0.3, 0.4) is 0 Å². The molecule has 0 bridgehead atoms. The molecule has 0 amide bonds. The highest BCUT2D eigenvalue weighted by Gasteiger charge is 2.43. The maximum atomic E-state index is 8.90. The molecule has 1 heterocycles. The maximum Gasteiger partial charge on any atom is 0.0558 e. The summed E-state index contributed by atoms with van der Waals surface area (Å²) in [6.07, 6.45) is 5.48. The first-order chi connectivity index (χ1) is 6.78. The zero-order valence-corrected chi connectivity index (χ0v) is 9.68. The molecule has 2 aliphatic rings. The van der Waals surface area contributed by atoms with E-state index in [1.165, 1.54) is 38.8 Å². The lowest BCUT2D eigenvalue weighted by Crippen LogP contribution is -2.27. The summed E-state index contributed by atoms with van der Waals surface area (Å²) in [4.78, 5) is 2.42. The predicted molar refractivity (Wildman–Crippen MR) is 61.8 cm³/mol. The number of hydrogen-bond donors (Lipinski definition) is 2. The molecule has 2 rings (SSSR count). The van der Waals surface area contributed by atoms with E-state index in [0.29, 0.717) is 12.0 Å². The fraction of sp³-hybridized carbons (Fsp3) is 1.00. The fourth-order valence-corrected chi connectivity index (χ4v) is 3.53. The largest absolute Gasteiger partial charge is 0.395 e. The summed E-state index contributed by atoms with van der Waals surface area (Å²) in [5.41, 5.74) is 0.600. The molecule has 2 unspecified atom stereocenters. The third-order valence-corrected chi connectivity index (χ3v) is 4.51. The number of likely N-dealkylation sites (tertiary alicyclic amines) is 1. The van der Waals surface area contributed by atoms with E-state index < -0.39 is 0 Å². The van der Waals surface area contributed by atoms with E-state index in [1.807, 2.05) is 0 Å². The molecule has 1 N–H and O–H groups in total. The molecular formula is C11H21NOS. The predicted octanol–water partition coefficient (Wildman–Crippen LogP) is 1.40. The van der Waals surface area contributed by atoms with Gasteiger partial charge in [-0.25, -0.2) is 0 Å². The SMILES string of the molecule is OCCN1CCC2(CCC(CS)C2)C1. The molecule has 2 fully saturated rings. The second-order valence-corrected chi connectivity index (χ2v) is 5.41. The van der Waals surface area contributed by atoms with Crippen LogP contribution in [0.1, 0.15) is 25.7 Å². The van der Waals surface area contributed by atoms with Crippen LogP contribution in [0.15, 0.2) is 0 Å². The molecule has 2 atom stereocenters. The first kappa shape index (κ1) is 10.8. The van der Waals surface area contributed by atoms with Crippen LogP contribution in [0.5, 0.6) is 0 Å². The van der Waals surface area contributed by atoms with Crippen LogP contribution in [0.2, 0.25) is 0 Å². The van der Waals surface area contributed by atoms with Crippen molar-refractivity contribution in [1.29, 1.82) is 0 Å². The number of aliphatic hydroxyl groups excluding tert-OH is 1. The minimum atomic E-state index is 0.312. The van der Waals surface area contributed by atoms with Gasteiger partial charge >= 0.3 is 0 Å². The van der Waals surface area contributed by atoms with Crippen LogP contribution in [-0.4, -0.2) is 42.0 Å². The molecule has 1 saturated carbocycles. The van der Waals surface area contributed by atoms with Gasteiger partial charge in [-0.05, 0) is 49.3 Å². The Balaban J connectivity index is 1.87. The van der Waals surface area contributed by atoms with Crippen molar-refractivity contribution in [2.75, 3.05) is 32.0 Å². The number of β-amino-alcohol motifs (C(OH)–C–C–N with tert-alkyl or cyclic N) is 1. The Morgan fingerprint density at radius 2 is 2.29 bits per heavy atom. The molecule has 1 spiro atoms. The highest BCUT2D eigenvalue weighted by molar-refractivity contribution is 7.80. The Hall–Kier alpha value is 0.270. The summed E-state index contributed by atoms with van der Waals surface area (Å²) in [6, 6.07) is 0. The fourth-order valence-electron chi connectivity index (χ4n) is 3.21. The molecule has 14 heavy (non-hydrogen) atoms. The van der Waals surface area contributed by atoms with E-state index in [0.717, 1.165) is 18.2 Å². The molecule has 0 aromatic heterocycles. The molecule has 3 heteroatoms. The van der Waals surface area contributed by atoms with Crippen molar-refractivity contribution in [3.8, 4) is 0 Å². The molecule has 0 aromatic rings. The highest BCUT2D eigenvalue weighted by atomic mass is 32.1. The Bertz CT molecular complexity index is 200. The van der Waals surface area contributed by atoms with Crippen LogP contribution in [0.4, 0.5) is 0 Å². The molecule has 1 saturated heterocycles. The van der Waals surface area contributed by atoms with Gasteiger partial charge in [0, 0.05) is 13.1 Å². The number of aliphatic hydroxyl groups is 1. The number of nitrogens with zero attached hydrogens (tertiary/aromatic N) is 1. The van der Waals surface area contributed by atoms with E-state index >= 15 is 0 Å². The van der Waals surface area contributed by atoms with Gasteiger partial charge in [0.15, 0.2) is 0 Å². The van der Waals surface area contributed by atoms with Crippen molar-refractivity contribution in [1.82, 2.24) is 4.90 Å². The number of hydrogen-bond acceptors (Lipinski definition) is 3. The van der Waals surface area contributed by atoms with Crippen LogP contribution in [0.25, 0.3) is 0 Å². The van der Waals surface area contributed by atoms with E-state index in [9.17, 15) is 0 Å². The van der Waals surface area contributed by atoms with Crippen molar-refractivity contribution < 1.29 is 5.11 Å². The summed E-state index contributed by atoms with van der Waals surface area (Å²) < 4.78 is 0. The minimum absolute atomic E-state index is 0.312. The van der Waals surface area contributed by atoms with Crippen molar-refractivity contribution >= 4 is 12.6 Å². The van der Waals surface area contributed by atoms with Gasteiger partial charge in [0.2, 0.25) is 0 Å². The van der Waals surface area contributed by atoms with E-state index in [2.05, 4.69) is 17.5 Å². The second-order valence-electron chi connectivity index (χ2n) is 5.04. The van der Waals surface area contributed by atoms with Crippen molar-refractivity contribution in [3.05, 3.63) is 0 Å². The van der Waals surface area contributed by atoms with Crippen LogP contribution in [0, 0.1) is 11.3 Å². The Labute approximate surface area is 92.1 Å². The zero-order valence-electron chi connectivity index (χ0n) is 8.78. The zero-order chi connectivity index (χ0) is 10.0. The molecular weight excluding hydrogens is 194 g/mol. The van der Waals surface area contributed by atoms with E-state index in [4.69, 9.17) is 5.11 Å². The Morgan fingerprint density at radius 3 is 2.93 bits per heavy atom. The molecule has 82 valence electrons. The average Bonchev–Trinajstić information content (AvgIpc) is 2.76. The summed E-state index contributed by atoms with van der Waals surface area (Å²) in [7, 11) is 0. The standard InChI is InChI=1S/C11H21NOS/c13-6-5-12-4-3-11(9-12)2-1-10(7-11)8-14/h10,13-14H,1-9H2. The molecule has 1 aliphatic heterocycles. The smallest absolute Gasteiger partial charge is 0.0558 e. The van der Waals surface area contributed by atoms with Crippen molar-refractivity contribution in [2.45, 2.75) is 25.7 Å². The first-order valence-corrected chi connectivity index (χ1v) is 6.35. The lowest BCUT2D eigenvalue weighted by Gasteiger charge is -2.23. The van der Waals surface area contributed by atoms with Gasteiger partial charge in [-0.3, -0.25) is 0 Å². The van der Waals surface area contributed by atoms with Gasteiger partial charge in [0.1, 0.15) is 0 Å². The second kappa shape index (κ2) is 4.42. The summed E-state index contributed by atoms with van der Waals surface area (Å²) in [5, 5.41) is 8.90. The van der Waals surface area contributed by atoms with E-state index in [1.54, 1.807) is 0 Å². The van der Waals surface area contributed by atoms with E-state index in [-0.39, 0.29) is 0 Å². The topological polar surface area (TPSA) is 23.5 Å². The third-order valence-electron chi connectivity index (χ3n) is 4.00. The van der Waals surface area contributed by atoms with Gasteiger partial charge in [-0.15, -0.1) is 0 Å². The highest BCUT2D eigenvalue weighted by Crippen LogP contribution is 2.48. The lowest BCUT2D eigenvalue weighted by molar-refractivity contribution is 0.199. The quantitative estimate of drug-likeness (QED) is 0.695. The Kier molecular flexibility index (Phi) is 3.40. The average molecular weight is 215 g/mol. The molecule has 1 aliphatic carbocycles. The van der Waals surface area contributed by atoms with Gasteiger partial charge in [-0.2, -0.15) is 12.6 Å². The van der Waals surface area contributed by atoms with Crippen LogP contribution < -0.4 is 0 Å². The number of rotatable bonds is 3. The minimum Gasteiger partial charge on any atom is -0.395 e. The molecule has 0 aromatic carbocycles. The lowest BCUT2D eigenvalue weighted by atomic mass is 9.85. The van der Waals surface area contributed by atoms with Crippen LogP contribution in [-0.2, 0) is 0 Å². The monoisotopic (exact) mass is 215 g/mol. The summed E-state index contributed by atoms with van der Waals surface area (Å²) in [5.74, 6) is 1.91. The van der Waals surface area contributed by atoms with Gasteiger partial charge < -0.3 is 10.0 Å². The van der Waals surface area contributed by atoms with Crippen molar-refractivity contribution in [3.63, 3.8) is 0 Å². The molecule has 0 radical (unpaired) electrons. The maximum absolute atomic E-state index is 8.90.